The lowest BCUT2D eigenvalue weighted by molar-refractivity contribution is 0.0687. The van der Waals surface area contributed by atoms with E-state index in [2.05, 4.69) is 9.44 Å². The molecule has 0 aliphatic heterocycles. The molecule has 0 saturated heterocycles. The van der Waals surface area contributed by atoms with E-state index in [0.29, 0.717) is 11.1 Å². The molecule has 14 heteroatoms. The van der Waals surface area contributed by atoms with Gasteiger partial charge >= 0.3 is 11.9 Å². The average molecular weight is 613 g/mol. The summed E-state index contributed by atoms with van der Waals surface area (Å²) in [5.74, 6) is -2.62. The Kier molecular flexibility index (Phi) is 8.40. The van der Waals surface area contributed by atoms with Gasteiger partial charge in [-0.1, -0.05) is 36.4 Å². The Hall–Kier alpha value is -5.08. The Morgan fingerprint density at radius 3 is 1.19 bits per heavy atom. The van der Waals surface area contributed by atoms with Crippen LogP contribution in [0.15, 0.2) is 94.7 Å². The van der Waals surface area contributed by atoms with Gasteiger partial charge in [0.1, 0.15) is 22.9 Å². The number of benzene rings is 4. The largest absolute Gasteiger partial charge is 0.495 e. The predicted octanol–water partition coefficient (Wildman–Crippen LogP) is 4.37. The molecule has 218 valence electrons. The lowest BCUT2D eigenvalue weighted by Gasteiger charge is -2.15. The molecule has 0 amide bonds. The summed E-state index contributed by atoms with van der Waals surface area (Å²) in [6.45, 7) is 0. The average Bonchev–Trinajstić information content (AvgIpc) is 2.97. The minimum absolute atomic E-state index is 0.0320. The first kappa shape index (κ1) is 29.9. The number of aromatic carboxylic acids is 2. The summed E-state index contributed by atoms with van der Waals surface area (Å²) < 4.78 is 66.9. The molecule has 4 N–H and O–H groups in total. The monoisotopic (exact) mass is 612 g/mol. The topological polar surface area (TPSA) is 185 Å². The molecule has 0 spiro atoms. The van der Waals surface area contributed by atoms with Gasteiger partial charge in [0, 0.05) is 0 Å². The van der Waals surface area contributed by atoms with Gasteiger partial charge in [-0.15, -0.1) is 0 Å². The fourth-order valence-electron chi connectivity index (χ4n) is 4.01. The van der Waals surface area contributed by atoms with Crippen LogP contribution >= 0.6 is 0 Å². The van der Waals surface area contributed by atoms with E-state index >= 15 is 0 Å². The number of sulfonamides is 2. The molecule has 0 saturated carbocycles. The number of anilines is 2. The molecule has 42 heavy (non-hydrogen) atoms. The maximum absolute atomic E-state index is 13.0. The van der Waals surface area contributed by atoms with Crippen LogP contribution in [-0.4, -0.2) is 53.2 Å². The van der Waals surface area contributed by atoms with Crippen molar-refractivity contribution < 1.29 is 46.1 Å². The van der Waals surface area contributed by atoms with Crippen molar-refractivity contribution in [1.82, 2.24) is 0 Å². The molecule has 0 bridgehead atoms. The van der Waals surface area contributed by atoms with E-state index in [9.17, 15) is 36.6 Å². The number of methoxy groups -OCH3 is 2. The van der Waals surface area contributed by atoms with Gasteiger partial charge in [0.05, 0.1) is 35.1 Å². The van der Waals surface area contributed by atoms with Gasteiger partial charge in [-0.05, 0) is 59.7 Å². The smallest absolute Gasteiger partial charge is 0.337 e. The number of carboxylic acid groups (broad SMARTS) is 2. The first-order chi connectivity index (χ1) is 19.9. The number of carbonyl (C=O) groups is 2. The molecule has 0 radical (unpaired) electrons. The molecular formula is C28H24N2O10S2. The van der Waals surface area contributed by atoms with Crippen molar-refractivity contribution >= 4 is 43.4 Å². The zero-order valence-corrected chi connectivity index (χ0v) is 23.7. The normalized spacial score (nSPS) is 11.4. The highest BCUT2D eigenvalue weighted by Gasteiger charge is 2.23. The van der Waals surface area contributed by atoms with Crippen molar-refractivity contribution in [3.05, 3.63) is 96.1 Å². The number of nitrogens with one attached hydrogen (secondary N) is 2. The summed E-state index contributed by atoms with van der Waals surface area (Å²) in [7, 11) is -5.84. The van der Waals surface area contributed by atoms with E-state index in [1.165, 1.54) is 99.1 Å². The second-order valence-electron chi connectivity index (χ2n) is 8.64. The molecule has 12 nitrogen and oxygen atoms in total. The van der Waals surface area contributed by atoms with Gasteiger partial charge in [0.25, 0.3) is 20.0 Å². The van der Waals surface area contributed by atoms with E-state index in [-0.39, 0.29) is 43.8 Å². The molecule has 0 heterocycles. The van der Waals surface area contributed by atoms with Crippen molar-refractivity contribution in [3.63, 3.8) is 0 Å². The Bertz CT molecular complexity index is 1730. The van der Waals surface area contributed by atoms with E-state index < -0.39 is 32.0 Å². The number of para-hydroxylation sites is 2. The molecule has 0 aliphatic rings. The Labute approximate surface area is 241 Å². The molecule has 0 unspecified atom stereocenters. The second kappa shape index (κ2) is 11.8. The van der Waals surface area contributed by atoms with Crippen LogP contribution in [0, 0.1) is 0 Å². The second-order valence-corrected chi connectivity index (χ2v) is 12.0. The van der Waals surface area contributed by atoms with Crippen LogP contribution in [0.25, 0.3) is 11.1 Å². The van der Waals surface area contributed by atoms with Crippen molar-refractivity contribution in [2.75, 3.05) is 23.7 Å². The van der Waals surface area contributed by atoms with Crippen LogP contribution in [0.5, 0.6) is 11.5 Å². The summed E-state index contributed by atoms with van der Waals surface area (Å²) in [5.41, 5.74) is 0.114. The van der Waals surface area contributed by atoms with Crippen molar-refractivity contribution in [2.24, 2.45) is 0 Å². The van der Waals surface area contributed by atoms with Crippen molar-refractivity contribution in [3.8, 4) is 22.6 Å². The van der Waals surface area contributed by atoms with E-state index in [0.717, 1.165) is 0 Å². The van der Waals surface area contributed by atoms with Gasteiger partial charge in [0.15, 0.2) is 0 Å². The van der Waals surface area contributed by atoms with Crippen LogP contribution < -0.4 is 18.9 Å². The maximum atomic E-state index is 13.0. The maximum Gasteiger partial charge on any atom is 0.337 e. The standard InChI is InChI=1S/C28H24N2O10S2/c1-39-23-7-3-5-21(27(31)32)25(23)29-41(35,36)19-13-9-17(10-14-19)18-11-15-20(16-12-18)42(37,38)30-26-22(28(33)34)6-4-8-24(26)40-2/h3-16,29-30H,1-2H3,(H,31,32)(H,33,34). The minimum Gasteiger partial charge on any atom is -0.495 e. The molecule has 4 rings (SSSR count). The van der Waals surface area contributed by atoms with Crippen LogP contribution in [0.2, 0.25) is 0 Å². The highest BCUT2D eigenvalue weighted by Crippen LogP contribution is 2.33. The first-order valence-electron chi connectivity index (χ1n) is 11.9. The summed E-state index contributed by atoms with van der Waals surface area (Å²) in [5, 5.41) is 18.9. The molecule has 0 atom stereocenters. The van der Waals surface area contributed by atoms with Gasteiger partial charge in [-0.3, -0.25) is 9.44 Å². The van der Waals surface area contributed by atoms with Crippen LogP contribution in [0.4, 0.5) is 11.4 Å². The minimum atomic E-state index is -4.21. The van der Waals surface area contributed by atoms with Gasteiger partial charge in [-0.25, -0.2) is 26.4 Å². The third-order valence-electron chi connectivity index (χ3n) is 6.09. The zero-order valence-electron chi connectivity index (χ0n) is 22.1. The highest BCUT2D eigenvalue weighted by atomic mass is 32.2. The number of ether oxygens (including phenoxy) is 2. The lowest BCUT2D eigenvalue weighted by atomic mass is 10.1. The van der Waals surface area contributed by atoms with E-state index in [4.69, 9.17) is 9.47 Å². The highest BCUT2D eigenvalue weighted by molar-refractivity contribution is 7.93. The van der Waals surface area contributed by atoms with E-state index in [1.807, 2.05) is 0 Å². The third-order valence-corrected chi connectivity index (χ3v) is 8.82. The van der Waals surface area contributed by atoms with Gasteiger partial charge in [-0.2, -0.15) is 0 Å². The van der Waals surface area contributed by atoms with E-state index in [1.54, 1.807) is 0 Å². The van der Waals surface area contributed by atoms with Gasteiger partial charge in [0.2, 0.25) is 0 Å². The number of hydrogen-bond acceptors (Lipinski definition) is 8. The van der Waals surface area contributed by atoms with Gasteiger partial charge < -0.3 is 19.7 Å². The summed E-state index contributed by atoms with van der Waals surface area (Å²) in [6, 6.07) is 19.5. The summed E-state index contributed by atoms with van der Waals surface area (Å²) in [4.78, 5) is 22.9. The SMILES string of the molecule is COc1cccc(C(=O)O)c1NS(=O)(=O)c1ccc(-c2ccc(S(=O)(=O)Nc3c(OC)cccc3C(=O)O)cc2)cc1. The zero-order chi connectivity index (χ0) is 30.7. The fourth-order valence-corrected chi connectivity index (χ4v) is 6.19. The predicted molar refractivity (Wildman–Crippen MR) is 153 cm³/mol. The van der Waals surface area contributed by atoms with Crippen LogP contribution in [0.3, 0.4) is 0 Å². The molecular weight excluding hydrogens is 588 g/mol. The third kappa shape index (κ3) is 6.14. The Morgan fingerprint density at radius 1 is 0.571 bits per heavy atom. The summed E-state index contributed by atoms with van der Waals surface area (Å²) >= 11 is 0. The quantitative estimate of drug-likeness (QED) is 0.190. The fraction of sp³-hybridized carbons (Fsp3) is 0.0714. The molecule has 4 aromatic carbocycles. The van der Waals surface area contributed by atoms with Crippen LogP contribution in [-0.2, 0) is 20.0 Å². The van der Waals surface area contributed by atoms with Crippen LogP contribution in [0.1, 0.15) is 20.7 Å². The lowest BCUT2D eigenvalue weighted by Crippen LogP contribution is -2.16. The molecule has 0 aliphatic carbocycles. The van der Waals surface area contributed by atoms with Crippen molar-refractivity contribution in [1.29, 1.82) is 0 Å². The molecule has 4 aromatic rings. The number of rotatable bonds is 11. The van der Waals surface area contributed by atoms with Crippen molar-refractivity contribution in [2.45, 2.75) is 9.79 Å². The Balaban J connectivity index is 1.57. The molecule has 0 fully saturated rings. The number of hydrogen-bond donors (Lipinski definition) is 4. The number of carboxylic acids is 2. The first-order valence-corrected chi connectivity index (χ1v) is 14.9. The molecule has 0 aromatic heterocycles. The summed E-state index contributed by atoms with van der Waals surface area (Å²) in [6.07, 6.45) is 0. The Morgan fingerprint density at radius 2 is 0.905 bits per heavy atom.